The van der Waals surface area contributed by atoms with E-state index in [-0.39, 0.29) is 24.1 Å². The Morgan fingerprint density at radius 2 is 2.22 bits per heavy atom. The molecule has 2 aliphatic rings. The van der Waals surface area contributed by atoms with Crippen molar-refractivity contribution in [3.05, 3.63) is 36.0 Å². The van der Waals surface area contributed by atoms with E-state index >= 15 is 0 Å². The van der Waals surface area contributed by atoms with E-state index in [9.17, 15) is 14.7 Å². The lowest BCUT2D eigenvalue weighted by molar-refractivity contribution is -0.140. The Bertz CT molecular complexity index is 572. The van der Waals surface area contributed by atoms with Crippen molar-refractivity contribution in [2.24, 2.45) is 11.3 Å². The summed E-state index contributed by atoms with van der Waals surface area (Å²) in [6.45, 7) is 9.53. The van der Waals surface area contributed by atoms with Gasteiger partial charge in [0.25, 0.3) is 0 Å². The van der Waals surface area contributed by atoms with Gasteiger partial charge < -0.3 is 9.84 Å². The predicted molar refractivity (Wildman–Crippen MR) is 88.7 cm³/mol. The molecule has 4 atom stereocenters. The molecule has 1 fully saturated rings. The Hall–Kier alpha value is -1.68. The van der Waals surface area contributed by atoms with E-state index in [0.717, 1.165) is 11.1 Å². The van der Waals surface area contributed by atoms with E-state index in [1.807, 2.05) is 26.0 Å². The lowest BCUT2D eigenvalue weighted by Crippen LogP contribution is -2.40. The van der Waals surface area contributed by atoms with Crippen LogP contribution in [-0.2, 0) is 14.3 Å². The first-order chi connectivity index (χ1) is 10.7. The molecule has 0 aromatic rings. The molecule has 1 saturated heterocycles. The third-order valence-corrected chi connectivity index (χ3v) is 4.83. The molecule has 1 spiro atoms. The lowest BCUT2D eigenvalue weighted by atomic mass is 9.67. The highest BCUT2D eigenvalue weighted by Crippen LogP contribution is 2.46. The zero-order chi connectivity index (χ0) is 17.2. The third kappa shape index (κ3) is 3.81. The highest BCUT2D eigenvalue weighted by molar-refractivity contribution is 6.00. The molecule has 0 saturated carbocycles. The Kier molecular flexibility index (Phi) is 5.25. The van der Waals surface area contributed by atoms with Gasteiger partial charge in [-0.2, -0.15) is 0 Å². The van der Waals surface area contributed by atoms with Gasteiger partial charge in [0, 0.05) is 0 Å². The zero-order valence-electron chi connectivity index (χ0n) is 14.2. The maximum absolute atomic E-state index is 12.5. The Balaban J connectivity index is 2.15. The molecular formula is C19H26O4. The van der Waals surface area contributed by atoms with Gasteiger partial charge in [-0.15, -0.1) is 0 Å². The monoisotopic (exact) mass is 318 g/mol. The summed E-state index contributed by atoms with van der Waals surface area (Å²) < 4.78 is 5.45. The third-order valence-electron chi connectivity index (χ3n) is 4.83. The fourth-order valence-corrected chi connectivity index (χ4v) is 3.38. The largest absolute Gasteiger partial charge is 0.457 e. The van der Waals surface area contributed by atoms with Crippen molar-refractivity contribution in [1.82, 2.24) is 0 Å². The highest BCUT2D eigenvalue weighted by Gasteiger charge is 2.54. The van der Waals surface area contributed by atoms with Gasteiger partial charge in [0.05, 0.1) is 17.9 Å². The summed E-state index contributed by atoms with van der Waals surface area (Å²) in [4.78, 5) is 24.3. The molecule has 4 heteroatoms. The fourth-order valence-electron chi connectivity index (χ4n) is 3.38. The van der Waals surface area contributed by atoms with Crippen LogP contribution in [0.1, 0.15) is 46.5 Å². The number of hydrogen-bond donors (Lipinski definition) is 1. The molecule has 1 aliphatic carbocycles. The number of aliphatic hydroxyl groups is 1. The van der Waals surface area contributed by atoms with E-state index in [0.29, 0.717) is 19.3 Å². The molecule has 0 aromatic heterocycles. The number of carbonyl (C=O) groups is 2. The standard InChI is InChI=1S/C19H26O4/c1-12(2)15(20)7-5-13(3)9-17-19(11-18(22)23-17)10-14(4)6-8-16(19)21/h6,8-9,14-15,17,20H,1,5,7,10-11H2,2-4H3/b13-9+/t14-,15?,17-,19?/m1/s1. The minimum atomic E-state index is -0.751. The summed E-state index contributed by atoms with van der Waals surface area (Å²) in [7, 11) is 0. The van der Waals surface area contributed by atoms with Crippen LogP contribution < -0.4 is 0 Å². The van der Waals surface area contributed by atoms with Crippen molar-refractivity contribution in [2.45, 2.75) is 58.7 Å². The number of ether oxygens (including phenoxy) is 1. The number of carbonyl (C=O) groups excluding carboxylic acids is 2. The van der Waals surface area contributed by atoms with Crippen molar-refractivity contribution < 1.29 is 19.4 Å². The number of ketones is 1. The maximum Gasteiger partial charge on any atom is 0.307 e. The van der Waals surface area contributed by atoms with Crippen LogP contribution in [0.3, 0.4) is 0 Å². The topological polar surface area (TPSA) is 63.6 Å². The second-order valence-corrected chi connectivity index (χ2v) is 7.06. The molecule has 0 bridgehead atoms. The van der Waals surface area contributed by atoms with Crippen LogP contribution in [0, 0.1) is 11.3 Å². The average Bonchev–Trinajstić information content (AvgIpc) is 2.77. The van der Waals surface area contributed by atoms with Crippen LogP contribution in [0.4, 0.5) is 0 Å². The van der Waals surface area contributed by atoms with Crippen molar-refractivity contribution in [3.63, 3.8) is 0 Å². The molecule has 126 valence electrons. The Morgan fingerprint density at radius 1 is 1.52 bits per heavy atom. The van der Waals surface area contributed by atoms with Crippen molar-refractivity contribution in [3.8, 4) is 0 Å². The average molecular weight is 318 g/mol. The van der Waals surface area contributed by atoms with Gasteiger partial charge in [0.1, 0.15) is 6.10 Å². The predicted octanol–water partition coefficient (Wildman–Crippen LogP) is 3.12. The molecule has 2 unspecified atom stereocenters. The van der Waals surface area contributed by atoms with E-state index in [4.69, 9.17) is 4.74 Å². The van der Waals surface area contributed by atoms with Gasteiger partial charge in [-0.1, -0.05) is 30.7 Å². The minimum absolute atomic E-state index is 0.0162. The van der Waals surface area contributed by atoms with E-state index in [1.54, 1.807) is 13.0 Å². The summed E-state index contributed by atoms with van der Waals surface area (Å²) in [6, 6.07) is 0. The molecule has 1 N–H and O–H groups in total. The van der Waals surface area contributed by atoms with E-state index in [1.165, 1.54) is 0 Å². The molecule has 1 heterocycles. The molecular weight excluding hydrogens is 292 g/mol. The first-order valence-corrected chi connectivity index (χ1v) is 8.17. The summed E-state index contributed by atoms with van der Waals surface area (Å²) >= 11 is 0. The summed E-state index contributed by atoms with van der Waals surface area (Å²) in [5, 5.41) is 9.82. The van der Waals surface area contributed by atoms with Crippen LogP contribution in [0.5, 0.6) is 0 Å². The quantitative estimate of drug-likeness (QED) is 0.625. The molecule has 0 aromatic carbocycles. The zero-order valence-corrected chi connectivity index (χ0v) is 14.2. The molecule has 0 amide bonds. The summed E-state index contributed by atoms with van der Waals surface area (Å²) in [5.74, 6) is -0.0713. The number of allylic oxidation sites excluding steroid dienone is 3. The molecule has 0 radical (unpaired) electrons. The molecule has 2 rings (SSSR count). The lowest BCUT2D eigenvalue weighted by Gasteiger charge is -2.33. The first kappa shape index (κ1) is 17.7. The van der Waals surface area contributed by atoms with Crippen molar-refractivity contribution in [1.29, 1.82) is 0 Å². The van der Waals surface area contributed by atoms with Gasteiger partial charge in [0.15, 0.2) is 5.78 Å². The minimum Gasteiger partial charge on any atom is -0.457 e. The maximum atomic E-state index is 12.5. The molecule has 1 aliphatic heterocycles. The number of rotatable bonds is 5. The normalized spacial score (nSPS) is 32.3. The van der Waals surface area contributed by atoms with Crippen LogP contribution in [0.25, 0.3) is 0 Å². The van der Waals surface area contributed by atoms with E-state index < -0.39 is 17.6 Å². The van der Waals surface area contributed by atoms with Gasteiger partial charge in [-0.3, -0.25) is 9.59 Å². The van der Waals surface area contributed by atoms with Crippen LogP contribution >= 0.6 is 0 Å². The van der Waals surface area contributed by atoms with Crippen LogP contribution in [-0.4, -0.2) is 29.1 Å². The van der Waals surface area contributed by atoms with Gasteiger partial charge in [0.2, 0.25) is 0 Å². The second-order valence-electron chi connectivity index (χ2n) is 7.06. The SMILES string of the molecule is C=C(C)C(O)CC/C(C)=C/[C@H]1OC(=O)CC12C[C@H](C)C=CC2=O. The number of cyclic esters (lactones) is 1. The van der Waals surface area contributed by atoms with E-state index in [2.05, 4.69) is 6.58 Å². The number of esters is 1. The van der Waals surface area contributed by atoms with Gasteiger partial charge in [-0.25, -0.2) is 0 Å². The summed E-state index contributed by atoms with van der Waals surface area (Å²) in [5.41, 5.74) is 1.00. The fraction of sp³-hybridized carbons (Fsp3) is 0.579. The Labute approximate surface area is 137 Å². The number of aliphatic hydroxyl groups excluding tert-OH is 1. The van der Waals surface area contributed by atoms with Crippen molar-refractivity contribution in [2.75, 3.05) is 0 Å². The smallest absolute Gasteiger partial charge is 0.307 e. The highest BCUT2D eigenvalue weighted by atomic mass is 16.6. The first-order valence-electron chi connectivity index (χ1n) is 8.17. The Morgan fingerprint density at radius 3 is 2.87 bits per heavy atom. The van der Waals surface area contributed by atoms with Crippen LogP contribution in [0.15, 0.2) is 36.0 Å². The molecule has 23 heavy (non-hydrogen) atoms. The van der Waals surface area contributed by atoms with Gasteiger partial charge >= 0.3 is 5.97 Å². The van der Waals surface area contributed by atoms with Crippen LogP contribution in [0.2, 0.25) is 0 Å². The second kappa shape index (κ2) is 6.83. The number of hydrogen-bond acceptors (Lipinski definition) is 4. The summed E-state index contributed by atoms with van der Waals surface area (Å²) in [6.07, 6.45) is 6.40. The van der Waals surface area contributed by atoms with Crippen molar-refractivity contribution >= 4 is 11.8 Å². The van der Waals surface area contributed by atoms with Gasteiger partial charge in [-0.05, 0) is 51.2 Å². The molecule has 4 nitrogen and oxygen atoms in total.